The first-order valence-corrected chi connectivity index (χ1v) is 34.2. The van der Waals surface area contributed by atoms with Gasteiger partial charge in [-0.2, -0.15) is 0 Å². The summed E-state index contributed by atoms with van der Waals surface area (Å²) < 4.78 is 85.9. The molecule has 27 N–H and O–H groups in total. The highest BCUT2D eigenvalue weighted by Gasteiger charge is 2.58. The fourth-order valence-electron chi connectivity index (χ4n) is 13.6. The van der Waals surface area contributed by atoms with Crippen LogP contribution in [0.2, 0.25) is 0 Å². The molecule has 0 amide bonds. The first-order chi connectivity index (χ1) is 48.9. The number of rotatable bonds is 33. The number of aliphatic hydroxyl groups excluding tert-OH is 27. The molecule has 8 saturated heterocycles. The minimum absolute atomic E-state index is 0.0264. The van der Waals surface area contributed by atoms with Gasteiger partial charge in [0.15, 0.2) is 44.0 Å². The second kappa shape index (κ2) is 39.5. The second-order valence-corrected chi connectivity index (χ2v) is 27.3. The molecule has 43 heteroatoms. The van der Waals surface area contributed by atoms with Gasteiger partial charge in [-0.05, 0) is 25.3 Å². The standard InChI is InChI=1S/C60H107NO42/c1-19(2)48-43(84)50(100-56-41(82)39(80)32(73)23(12-64)93-56)38(79)29(91-48)18-89-55-44(85)51(34(75)25(14-66)92-55)98-30-9-61(8-20(10-62)90-30)7-5-3-4-6-21(70)31(72)49(22(71)11-63)99-58-45(86)53(36(77)26(15-67)95-58)102-60-47(88)54(37(78)28(17-69)97-60)103-59-46(87)52(35(76)27(16-68)96-59)101-57-42(83)40(81)33(74)24(13-65)94-57/h19-60,62-88H,3-18H2,1-2H3. The van der Waals surface area contributed by atoms with Crippen LogP contribution in [-0.2, 0) is 71.1 Å². The molecular weight excluding hydrogens is 1410 g/mol. The van der Waals surface area contributed by atoms with Crippen molar-refractivity contribution >= 4 is 0 Å². The summed E-state index contributed by atoms with van der Waals surface area (Å²) in [6, 6.07) is 0. The molecule has 0 radical (unpaired) electrons. The highest BCUT2D eigenvalue weighted by molar-refractivity contribution is 5.01. The zero-order valence-electron chi connectivity index (χ0n) is 56.2. The maximum atomic E-state index is 11.7. The van der Waals surface area contributed by atoms with Gasteiger partial charge in [0.25, 0.3) is 0 Å². The molecule has 604 valence electrons. The van der Waals surface area contributed by atoms with Crippen molar-refractivity contribution in [3.63, 3.8) is 0 Å². The van der Waals surface area contributed by atoms with Crippen molar-refractivity contribution in [2.75, 3.05) is 79.1 Å². The lowest BCUT2D eigenvalue weighted by molar-refractivity contribution is -0.392. The smallest absolute Gasteiger partial charge is 0.187 e. The predicted molar refractivity (Wildman–Crippen MR) is 325 cm³/mol. The number of hydrogen-bond donors (Lipinski definition) is 27. The molecule has 43 nitrogen and oxygen atoms in total. The predicted octanol–water partition coefficient (Wildman–Crippen LogP) is -16.5. The van der Waals surface area contributed by atoms with Crippen LogP contribution in [0.3, 0.4) is 0 Å². The average molecular weight is 1510 g/mol. The van der Waals surface area contributed by atoms with Crippen molar-refractivity contribution in [1.29, 1.82) is 0 Å². The largest absolute Gasteiger partial charge is 0.394 e. The van der Waals surface area contributed by atoms with Gasteiger partial charge in [-0.25, -0.2) is 0 Å². The molecule has 8 rings (SSSR count). The Hall–Kier alpha value is -1.72. The van der Waals surface area contributed by atoms with Gasteiger partial charge < -0.3 is 209 Å². The van der Waals surface area contributed by atoms with Crippen LogP contribution < -0.4 is 0 Å². The van der Waals surface area contributed by atoms with Gasteiger partial charge in [0.05, 0.1) is 77.8 Å². The molecule has 8 aliphatic rings. The fraction of sp³-hybridized carbons (Fsp3) is 1.00. The number of morpholine rings is 1. The molecule has 0 aliphatic carbocycles. The number of ether oxygens (including phenoxy) is 15. The van der Waals surface area contributed by atoms with E-state index in [0.29, 0.717) is 12.8 Å². The van der Waals surface area contributed by atoms with E-state index in [9.17, 15) is 138 Å². The molecule has 0 aromatic rings. The third kappa shape index (κ3) is 20.1. The Morgan fingerprint density at radius 1 is 0.350 bits per heavy atom. The van der Waals surface area contributed by atoms with Crippen LogP contribution in [0.15, 0.2) is 0 Å². The molecule has 8 fully saturated rings. The van der Waals surface area contributed by atoms with E-state index in [2.05, 4.69) is 0 Å². The molecule has 0 aromatic heterocycles. The summed E-state index contributed by atoms with van der Waals surface area (Å²) in [4.78, 5) is 1.82. The third-order valence-electron chi connectivity index (χ3n) is 19.7. The summed E-state index contributed by atoms with van der Waals surface area (Å²) >= 11 is 0. The van der Waals surface area contributed by atoms with Crippen molar-refractivity contribution in [3.05, 3.63) is 0 Å². The van der Waals surface area contributed by atoms with Gasteiger partial charge in [-0.1, -0.05) is 26.7 Å². The van der Waals surface area contributed by atoms with Crippen LogP contribution in [0.25, 0.3) is 0 Å². The van der Waals surface area contributed by atoms with Gasteiger partial charge in [-0.15, -0.1) is 0 Å². The Morgan fingerprint density at radius 3 is 1.16 bits per heavy atom. The monoisotopic (exact) mass is 1510 g/mol. The topological polar surface area (TPSA) is 688 Å². The maximum Gasteiger partial charge on any atom is 0.187 e. The number of nitrogens with zero attached hydrogens (tertiary/aromatic N) is 1. The van der Waals surface area contributed by atoms with Gasteiger partial charge in [0, 0.05) is 13.1 Å². The number of hydrogen-bond acceptors (Lipinski definition) is 43. The molecule has 41 atom stereocenters. The summed E-state index contributed by atoms with van der Waals surface area (Å²) in [5.41, 5.74) is 0. The number of aliphatic hydroxyl groups is 27. The summed E-state index contributed by atoms with van der Waals surface area (Å²) in [6.45, 7) is -4.10. The molecule has 0 aromatic carbocycles. The van der Waals surface area contributed by atoms with E-state index in [0.717, 1.165) is 0 Å². The van der Waals surface area contributed by atoms with Crippen LogP contribution >= 0.6 is 0 Å². The first kappa shape index (κ1) is 86.9. The van der Waals surface area contributed by atoms with Gasteiger partial charge in [0.1, 0.15) is 189 Å². The van der Waals surface area contributed by atoms with Crippen molar-refractivity contribution in [1.82, 2.24) is 4.90 Å². The van der Waals surface area contributed by atoms with Crippen LogP contribution in [0.5, 0.6) is 0 Å². The van der Waals surface area contributed by atoms with E-state index >= 15 is 0 Å². The van der Waals surface area contributed by atoms with Crippen molar-refractivity contribution < 1.29 is 209 Å². The zero-order valence-corrected chi connectivity index (χ0v) is 56.2. The summed E-state index contributed by atoms with van der Waals surface area (Å²) in [6.07, 6.45) is -73.5. The van der Waals surface area contributed by atoms with Gasteiger partial charge in [0.2, 0.25) is 0 Å². The van der Waals surface area contributed by atoms with Crippen LogP contribution in [-0.4, -0.2) is 473 Å². The minimum atomic E-state index is -2.28. The maximum absolute atomic E-state index is 11.7. The molecule has 0 bridgehead atoms. The van der Waals surface area contributed by atoms with Gasteiger partial charge >= 0.3 is 0 Å². The Kier molecular flexibility index (Phi) is 33.3. The molecular formula is C60H107NO42. The lowest BCUT2D eigenvalue weighted by Gasteiger charge is -2.49. The van der Waals surface area contributed by atoms with Crippen LogP contribution in [0.4, 0.5) is 0 Å². The Bertz CT molecular complexity index is 2440. The highest BCUT2D eigenvalue weighted by Crippen LogP contribution is 2.38. The third-order valence-corrected chi connectivity index (χ3v) is 19.7. The highest BCUT2D eigenvalue weighted by atomic mass is 16.8. The van der Waals surface area contributed by atoms with E-state index in [4.69, 9.17) is 71.1 Å². The van der Waals surface area contributed by atoms with Crippen molar-refractivity contribution in [3.8, 4) is 0 Å². The Morgan fingerprint density at radius 2 is 0.728 bits per heavy atom. The lowest BCUT2D eigenvalue weighted by Crippen LogP contribution is -2.68. The average Bonchev–Trinajstić information content (AvgIpc) is 0.766. The van der Waals surface area contributed by atoms with Crippen LogP contribution in [0, 0.1) is 5.92 Å². The minimum Gasteiger partial charge on any atom is -0.394 e. The van der Waals surface area contributed by atoms with E-state index in [-0.39, 0.29) is 32.5 Å². The van der Waals surface area contributed by atoms with Crippen LogP contribution in [0.1, 0.15) is 39.5 Å². The molecule has 0 saturated carbocycles. The normalized spacial score (nSPS) is 47.3. The SMILES string of the molecule is CC(C)C1OC(COC2OC(CO)C(O)C(OC3CN(CCCCCC(O)C(O)C(OC4OC(CO)C(O)C(OC5OC(CO)C(O)C(OC6OC(CO)C(O)C(OC7OC(CO)C(O)C(O)C7O)C6O)C5O)C4O)C(O)CO)CC(CO)O3)C2O)C(O)C(OC2OC(CO)C(O)C(O)C2O)C1O. The van der Waals surface area contributed by atoms with Crippen molar-refractivity contribution in [2.24, 2.45) is 5.92 Å². The van der Waals surface area contributed by atoms with E-state index < -0.39 is 317 Å². The van der Waals surface area contributed by atoms with E-state index in [1.807, 2.05) is 4.90 Å². The molecule has 41 unspecified atom stereocenters. The molecule has 0 spiro atoms. The van der Waals surface area contributed by atoms with E-state index in [1.165, 1.54) is 0 Å². The Balaban J connectivity index is 0.841. The fourth-order valence-corrected chi connectivity index (χ4v) is 13.6. The van der Waals surface area contributed by atoms with Gasteiger partial charge in [-0.3, -0.25) is 4.90 Å². The number of unbranched alkanes of at least 4 members (excludes halogenated alkanes) is 2. The van der Waals surface area contributed by atoms with E-state index in [1.54, 1.807) is 13.8 Å². The lowest BCUT2D eigenvalue weighted by atomic mass is 9.89. The summed E-state index contributed by atoms with van der Waals surface area (Å²) in [7, 11) is 0. The first-order valence-electron chi connectivity index (χ1n) is 34.2. The zero-order chi connectivity index (χ0) is 75.7. The second-order valence-electron chi connectivity index (χ2n) is 27.3. The Labute approximate surface area is 588 Å². The summed E-state index contributed by atoms with van der Waals surface area (Å²) in [5, 5.41) is 291. The molecule has 8 aliphatic heterocycles. The summed E-state index contributed by atoms with van der Waals surface area (Å²) in [5.74, 6) is -0.446. The quantitative estimate of drug-likeness (QED) is 0.0271. The molecule has 103 heavy (non-hydrogen) atoms. The molecule has 8 heterocycles. The van der Waals surface area contributed by atoms with Crippen molar-refractivity contribution in [2.45, 2.75) is 291 Å².